The lowest BCUT2D eigenvalue weighted by Crippen LogP contribution is -2.10. The maximum Gasteiger partial charge on any atom is 0.260 e. The van der Waals surface area contributed by atoms with E-state index < -0.39 is 0 Å². The number of rotatable bonds is 3. The summed E-state index contributed by atoms with van der Waals surface area (Å²) in [6, 6.07) is 9.98. The van der Waals surface area contributed by atoms with Crippen molar-refractivity contribution in [1.29, 1.82) is 0 Å². The van der Waals surface area contributed by atoms with Gasteiger partial charge in [-0.25, -0.2) is 4.98 Å². The number of halogens is 1. The van der Waals surface area contributed by atoms with Crippen LogP contribution in [-0.2, 0) is 12.3 Å². The SMILES string of the molecule is CCc1sc2nc(CCl)[nH]c(=O)c2c1-c1ccccc1. The first-order valence-corrected chi connectivity index (χ1v) is 7.75. The van der Waals surface area contributed by atoms with E-state index in [0.717, 1.165) is 22.4 Å². The van der Waals surface area contributed by atoms with Gasteiger partial charge >= 0.3 is 0 Å². The van der Waals surface area contributed by atoms with Crippen molar-refractivity contribution in [2.24, 2.45) is 0 Å². The average Bonchev–Trinajstić information content (AvgIpc) is 2.87. The van der Waals surface area contributed by atoms with E-state index in [1.165, 1.54) is 4.88 Å². The van der Waals surface area contributed by atoms with Gasteiger partial charge in [-0.05, 0) is 12.0 Å². The van der Waals surface area contributed by atoms with E-state index in [0.29, 0.717) is 11.2 Å². The lowest BCUT2D eigenvalue weighted by atomic mass is 10.0. The third-order valence-corrected chi connectivity index (χ3v) is 4.68. The Morgan fingerprint density at radius 2 is 2.05 bits per heavy atom. The summed E-state index contributed by atoms with van der Waals surface area (Å²) in [7, 11) is 0. The third kappa shape index (κ3) is 2.15. The van der Waals surface area contributed by atoms with Crippen LogP contribution < -0.4 is 5.56 Å². The summed E-state index contributed by atoms with van der Waals surface area (Å²) in [6.45, 7) is 2.09. The molecule has 0 unspecified atom stereocenters. The van der Waals surface area contributed by atoms with Crippen molar-refractivity contribution in [1.82, 2.24) is 9.97 Å². The highest BCUT2D eigenvalue weighted by atomic mass is 35.5. The molecule has 1 N–H and O–H groups in total. The Labute approximate surface area is 125 Å². The minimum absolute atomic E-state index is 0.111. The van der Waals surface area contributed by atoms with Crippen LogP contribution in [0.2, 0.25) is 0 Å². The highest BCUT2D eigenvalue weighted by Crippen LogP contribution is 2.36. The Balaban J connectivity index is 2.38. The average molecular weight is 305 g/mol. The minimum Gasteiger partial charge on any atom is -0.309 e. The summed E-state index contributed by atoms with van der Waals surface area (Å²) in [4.78, 5) is 21.5. The van der Waals surface area contributed by atoms with Crippen LogP contribution in [-0.4, -0.2) is 9.97 Å². The van der Waals surface area contributed by atoms with E-state index in [2.05, 4.69) is 16.9 Å². The molecule has 0 bridgehead atoms. The van der Waals surface area contributed by atoms with Crippen LogP contribution in [0.25, 0.3) is 21.3 Å². The molecule has 0 saturated heterocycles. The summed E-state index contributed by atoms with van der Waals surface area (Å²) in [5.74, 6) is 0.735. The van der Waals surface area contributed by atoms with Gasteiger partial charge in [0.2, 0.25) is 0 Å². The van der Waals surface area contributed by atoms with Crippen molar-refractivity contribution in [3.63, 3.8) is 0 Å². The fourth-order valence-corrected chi connectivity index (χ4v) is 3.60. The van der Waals surface area contributed by atoms with E-state index in [1.54, 1.807) is 11.3 Å². The molecule has 0 saturated carbocycles. The second-order valence-electron chi connectivity index (χ2n) is 4.45. The van der Waals surface area contributed by atoms with E-state index in [4.69, 9.17) is 11.6 Å². The van der Waals surface area contributed by atoms with Gasteiger partial charge in [0.1, 0.15) is 10.7 Å². The number of aromatic amines is 1. The lowest BCUT2D eigenvalue weighted by Gasteiger charge is -2.02. The van der Waals surface area contributed by atoms with Crippen molar-refractivity contribution in [2.45, 2.75) is 19.2 Å². The zero-order chi connectivity index (χ0) is 14.1. The second-order valence-corrected chi connectivity index (χ2v) is 5.80. The molecule has 5 heteroatoms. The van der Waals surface area contributed by atoms with Crippen molar-refractivity contribution in [3.8, 4) is 11.1 Å². The van der Waals surface area contributed by atoms with E-state index in [1.807, 2.05) is 30.3 Å². The zero-order valence-corrected chi connectivity index (χ0v) is 12.5. The Kier molecular flexibility index (Phi) is 3.59. The second kappa shape index (κ2) is 5.38. The topological polar surface area (TPSA) is 45.8 Å². The number of hydrogen-bond donors (Lipinski definition) is 1. The molecule has 0 aliphatic heterocycles. The van der Waals surface area contributed by atoms with E-state index in [-0.39, 0.29) is 11.4 Å². The molecule has 0 amide bonds. The molecule has 0 atom stereocenters. The summed E-state index contributed by atoms with van der Waals surface area (Å²) in [5.41, 5.74) is 1.95. The highest BCUT2D eigenvalue weighted by molar-refractivity contribution is 7.19. The predicted octanol–water partition coefficient (Wildman–Crippen LogP) is 3.95. The van der Waals surface area contributed by atoms with Gasteiger partial charge in [0.25, 0.3) is 5.56 Å². The number of nitrogens with zero attached hydrogens (tertiary/aromatic N) is 1. The molecule has 1 aromatic carbocycles. The van der Waals surface area contributed by atoms with Gasteiger partial charge in [-0.2, -0.15) is 0 Å². The Morgan fingerprint density at radius 1 is 1.30 bits per heavy atom. The zero-order valence-electron chi connectivity index (χ0n) is 10.9. The number of aromatic nitrogens is 2. The Bertz CT molecular complexity index is 808. The van der Waals surface area contributed by atoms with Crippen LogP contribution >= 0.6 is 22.9 Å². The van der Waals surface area contributed by atoms with Crippen LogP contribution in [0, 0.1) is 0 Å². The molecule has 3 aromatic rings. The first-order chi connectivity index (χ1) is 9.74. The summed E-state index contributed by atoms with van der Waals surface area (Å²) >= 11 is 7.34. The molecule has 102 valence electrons. The van der Waals surface area contributed by atoms with Crippen molar-refractivity contribution in [2.75, 3.05) is 0 Å². The summed E-state index contributed by atoms with van der Waals surface area (Å²) in [5, 5.41) is 0.673. The number of hydrogen-bond acceptors (Lipinski definition) is 3. The first kappa shape index (κ1) is 13.3. The molecular weight excluding hydrogens is 292 g/mol. The molecule has 0 radical (unpaired) electrons. The predicted molar refractivity (Wildman–Crippen MR) is 84.6 cm³/mol. The number of alkyl halides is 1. The van der Waals surface area contributed by atoms with Gasteiger partial charge in [-0.15, -0.1) is 22.9 Å². The summed E-state index contributed by atoms with van der Waals surface area (Å²) < 4.78 is 0. The number of fused-ring (bicyclic) bond motifs is 1. The standard InChI is InChI=1S/C15H13ClN2OS/c1-2-10-12(9-6-4-3-5-7-9)13-14(19)17-11(8-16)18-15(13)20-10/h3-7H,2,8H2,1H3,(H,17,18,19). The Morgan fingerprint density at radius 3 is 2.70 bits per heavy atom. The number of aryl methyl sites for hydroxylation is 1. The molecule has 0 aliphatic carbocycles. The molecule has 3 rings (SSSR count). The largest absolute Gasteiger partial charge is 0.309 e. The number of benzene rings is 1. The van der Waals surface area contributed by atoms with E-state index >= 15 is 0 Å². The lowest BCUT2D eigenvalue weighted by molar-refractivity contribution is 1.04. The molecule has 3 nitrogen and oxygen atoms in total. The maximum atomic E-state index is 12.3. The van der Waals surface area contributed by atoms with Gasteiger partial charge in [-0.3, -0.25) is 4.79 Å². The van der Waals surface area contributed by atoms with Crippen LogP contribution in [0.3, 0.4) is 0 Å². The minimum atomic E-state index is -0.111. The van der Waals surface area contributed by atoms with Gasteiger partial charge in [0.15, 0.2) is 0 Å². The molecule has 0 spiro atoms. The first-order valence-electron chi connectivity index (χ1n) is 6.40. The number of nitrogens with one attached hydrogen (secondary N) is 1. The van der Waals surface area contributed by atoms with Crippen LogP contribution in [0.4, 0.5) is 0 Å². The third-order valence-electron chi connectivity index (χ3n) is 3.19. The van der Waals surface area contributed by atoms with Crippen LogP contribution in [0.15, 0.2) is 35.1 Å². The molecule has 0 fully saturated rings. The Hall–Kier alpha value is -1.65. The maximum absolute atomic E-state index is 12.3. The number of H-pyrrole nitrogens is 1. The number of thiophene rings is 1. The van der Waals surface area contributed by atoms with E-state index in [9.17, 15) is 4.79 Å². The smallest absolute Gasteiger partial charge is 0.260 e. The monoisotopic (exact) mass is 304 g/mol. The molecule has 2 aromatic heterocycles. The van der Waals surface area contributed by atoms with Crippen molar-refractivity contribution >= 4 is 33.2 Å². The van der Waals surface area contributed by atoms with Crippen LogP contribution in [0.1, 0.15) is 17.6 Å². The fraction of sp³-hybridized carbons (Fsp3) is 0.200. The fourth-order valence-electron chi connectivity index (χ4n) is 2.32. The van der Waals surface area contributed by atoms with Crippen LogP contribution in [0.5, 0.6) is 0 Å². The van der Waals surface area contributed by atoms with Gasteiger partial charge in [0, 0.05) is 10.4 Å². The van der Waals surface area contributed by atoms with Gasteiger partial charge in [-0.1, -0.05) is 37.3 Å². The van der Waals surface area contributed by atoms with Gasteiger partial charge in [0.05, 0.1) is 11.3 Å². The van der Waals surface area contributed by atoms with Crippen molar-refractivity contribution in [3.05, 3.63) is 51.4 Å². The molecule has 2 heterocycles. The highest BCUT2D eigenvalue weighted by Gasteiger charge is 2.17. The van der Waals surface area contributed by atoms with Crippen molar-refractivity contribution < 1.29 is 0 Å². The normalized spacial score (nSPS) is 11.1. The summed E-state index contributed by atoms with van der Waals surface area (Å²) in [6.07, 6.45) is 0.876. The quantitative estimate of drug-likeness (QED) is 0.745. The molecular formula is C15H13ClN2OS. The molecule has 20 heavy (non-hydrogen) atoms. The molecule has 0 aliphatic rings. The van der Waals surface area contributed by atoms with Gasteiger partial charge < -0.3 is 4.98 Å².